The third-order valence-corrected chi connectivity index (χ3v) is 4.25. The van der Waals surface area contributed by atoms with Crippen molar-refractivity contribution in [1.82, 2.24) is 0 Å². The average Bonchev–Trinajstić information content (AvgIpc) is 2.45. The van der Waals surface area contributed by atoms with E-state index in [9.17, 15) is 4.79 Å². The summed E-state index contributed by atoms with van der Waals surface area (Å²) in [5.41, 5.74) is 8.92. The largest absolute Gasteiger partial charge is 0.497 e. The van der Waals surface area contributed by atoms with Gasteiger partial charge in [0.2, 0.25) is 0 Å². The van der Waals surface area contributed by atoms with E-state index < -0.39 is 0 Å². The molecule has 0 amide bonds. The fourth-order valence-electron chi connectivity index (χ4n) is 2.68. The molecule has 0 bridgehead atoms. The Balaban J connectivity index is 1.84. The highest BCUT2D eigenvalue weighted by atomic mass is 16.5. The first-order valence-corrected chi connectivity index (χ1v) is 7.27. The molecule has 0 aromatic heterocycles. The van der Waals surface area contributed by atoms with Crippen molar-refractivity contribution in [2.45, 2.75) is 25.2 Å². The number of anilines is 1. The van der Waals surface area contributed by atoms with Crippen LogP contribution in [-0.2, 0) is 0 Å². The monoisotopic (exact) mass is 281 g/mol. The summed E-state index contributed by atoms with van der Waals surface area (Å²) in [7, 11) is 1.58. The molecule has 1 aliphatic carbocycles. The molecule has 3 nitrogen and oxygen atoms in total. The molecular weight excluding hydrogens is 262 g/mol. The normalized spacial score (nSPS) is 14.5. The van der Waals surface area contributed by atoms with Crippen LogP contribution in [0.25, 0.3) is 0 Å². The molecule has 2 aromatic rings. The van der Waals surface area contributed by atoms with Crippen LogP contribution in [0.4, 0.5) is 5.69 Å². The molecule has 2 N–H and O–H groups in total. The van der Waals surface area contributed by atoms with Gasteiger partial charge in [-0.05, 0) is 36.5 Å². The number of hydrogen-bond acceptors (Lipinski definition) is 3. The average molecular weight is 281 g/mol. The topological polar surface area (TPSA) is 52.3 Å². The van der Waals surface area contributed by atoms with Gasteiger partial charge in [0.1, 0.15) is 5.75 Å². The molecule has 1 saturated carbocycles. The first-order chi connectivity index (χ1) is 10.2. The molecule has 2 aromatic carbocycles. The number of nitrogen functional groups attached to an aromatic ring is 1. The molecule has 0 radical (unpaired) electrons. The van der Waals surface area contributed by atoms with Crippen LogP contribution < -0.4 is 10.5 Å². The van der Waals surface area contributed by atoms with E-state index in [2.05, 4.69) is 12.1 Å². The van der Waals surface area contributed by atoms with E-state index in [1.807, 2.05) is 12.1 Å². The van der Waals surface area contributed by atoms with Gasteiger partial charge < -0.3 is 10.5 Å². The molecule has 0 aliphatic heterocycles. The second-order valence-corrected chi connectivity index (χ2v) is 5.53. The Morgan fingerprint density at radius 3 is 2.38 bits per heavy atom. The minimum absolute atomic E-state index is 0.0460. The molecule has 3 rings (SSSR count). The summed E-state index contributed by atoms with van der Waals surface area (Å²) in [4.78, 5) is 12.5. The van der Waals surface area contributed by atoms with Gasteiger partial charge in [0.25, 0.3) is 0 Å². The van der Waals surface area contributed by atoms with E-state index in [0.717, 1.165) is 0 Å². The van der Waals surface area contributed by atoms with Crippen LogP contribution in [0.1, 0.15) is 46.7 Å². The standard InChI is InChI=1S/C18H19NO2/c1-21-15-9-10-16(17(19)11-15)18(20)14-7-5-13(6-8-14)12-3-2-4-12/h5-12H,2-4,19H2,1H3. The molecular formula is C18H19NO2. The van der Waals surface area contributed by atoms with Crippen LogP contribution >= 0.6 is 0 Å². The van der Waals surface area contributed by atoms with Crippen molar-refractivity contribution < 1.29 is 9.53 Å². The lowest BCUT2D eigenvalue weighted by Gasteiger charge is -2.25. The first-order valence-electron chi connectivity index (χ1n) is 7.27. The second-order valence-electron chi connectivity index (χ2n) is 5.53. The van der Waals surface area contributed by atoms with Crippen LogP contribution in [0.15, 0.2) is 42.5 Å². The molecule has 0 unspecified atom stereocenters. The molecule has 0 heterocycles. The predicted octanol–water partition coefficient (Wildman–Crippen LogP) is 3.78. The number of carbonyl (C=O) groups excluding carboxylic acids is 1. The summed E-state index contributed by atoms with van der Waals surface area (Å²) >= 11 is 0. The lowest BCUT2D eigenvalue weighted by molar-refractivity contribution is 0.103. The van der Waals surface area contributed by atoms with Gasteiger partial charge >= 0.3 is 0 Å². The van der Waals surface area contributed by atoms with Crippen LogP contribution in [0.5, 0.6) is 5.75 Å². The Labute approximate surface area is 124 Å². The molecule has 0 saturated heterocycles. The number of nitrogens with two attached hydrogens (primary N) is 1. The van der Waals surface area contributed by atoms with E-state index in [1.165, 1.54) is 24.8 Å². The zero-order valence-electron chi connectivity index (χ0n) is 12.1. The van der Waals surface area contributed by atoms with Crippen molar-refractivity contribution in [3.63, 3.8) is 0 Å². The number of methoxy groups -OCH3 is 1. The van der Waals surface area contributed by atoms with Crippen molar-refractivity contribution >= 4 is 11.5 Å². The summed E-state index contributed by atoms with van der Waals surface area (Å²) in [5, 5.41) is 0. The van der Waals surface area contributed by atoms with E-state index in [4.69, 9.17) is 10.5 Å². The molecule has 1 aliphatic rings. The zero-order chi connectivity index (χ0) is 14.8. The number of rotatable bonds is 4. The minimum Gasteiger partial charge on any atom is -0.497 e. The number of ether oxygens (including phenoxy) is 1. The van der Waals surface area contributed by atoms with Gasteiger partial charge in [0.05, 0.1) is 7.11 Å². The molecule has 0 spiro atoms. The van der Waals surface area contributed by atoms with E-state index in [-0.39, 0.29) is 5.78 Å². The Kier molecular flexibility index (Phi) is 3.65. The minimum atomic E-state index is -0.0460. The van der Waals surface area contributed by atoms with Crippen LogP contribution in [0.3, 0.4) is 0 Å². The van der Waals surface area contributed by atoms with Gasteiger partial charge in [0, 0.05) is 22.9 Å². The predicted molar refractivity (Wildman–Crippen MR) is 83.9 cm³/mol. The highest BCUT2D eigenvalue weighted by molar-refractivity contribution is 6.12. The van der Waals surface area contributed by atoms with Crippen molar-refractivity contribution in [3.8, 4) is 5.75 Å². The van der Waals surface area contributed by atoms with Crippen LogP contribution in [0, 0.1) is 0 Å². The Hall–Kier alpha value is -2.29. The smallest absolute Gasteiger partial charge is 0.195 e. The highest BCUT2D eigenvalue weighted by Gasteiger charge is 2.20. The van der Waals surface area contributed by atoms with Gasteiger partial charge in [-0.25, -0.2) is 0 Å². The fourth-order valence-corrected chi connectivity index (χ4v) is 2.68. The van der Waals surface area contributed by atoms with Gasteiger partial charge in [-0.2, -0.15) is 0 Å². The van der Waals surface area contributed by atoms with Crippen LogP contribution in [-0.4, -0.2) is 12.9 Å². The molecule has 3 heteroatoms. The highest BCUT2D eigenvalue weighted by Crippen LogP contribution is 2.36. The quantitative estimate of drug-likeness (QED) is 0.685. The van der Waals surface area contributed by atoms with Crippen molar-refractivity contribution in [3.05, 3.63) is 59.2 Å². The fraction of sp³-hybridized carbons (Fsp3) is 0.278. The third kappa shape index (κ3) is 2.64. The van der Waals surface area contributed by atoms with E-state index >= 15 is 0 Å². The van der Waals surface area contributed by atoms with Gasteiger partial charge in [0.15, 0.2) is 5.78 Å². The van der Waals surface area contributed by atoms with Crippen molar-refractivity contribution in [1.29, 1.82) is 0 Å². The Morgan fingerprint density at radius 2 is 1.86 bits per heavy atom. The third-order valence-electron chi connectivity index (χ3n) is 4.25. The lowest BCUT2D eigenvalue weighted by Crippen LogP contribution is -2.09. The summed E-state index contributed by atoms with van der Waals surface area (Å²) in [5.74, 6) is 1.29. The van der Waals surface area contributed by atoms with E-state index in [0.29, 0.717) is 28.5 Å². The number of benzene rings is 2. The Morgan fingerprint density at radius 1 is 1.14 bits per heavy atom. The maximum Gasteiger partial charge on any atom is 0.195 e. The van der Waals surface area contributed by atoms with Gasteiger partial charge in [-0.1, -0.05) is 30.7 Å². The SMILES string of the molecule is COc1ccc(C(=O)c2ccc(C3CCC3)cc2)c(N)c1. The summed E-state index contributed by atoms with van der Waals surface area (Å²) in [6.45, 7) is 0. The van der Waals surface area contributed by atoms with Gasteiger partial charge in [-0.3, -0.25) is 4.79 Å². The number of carbonyl (C=O) groups is 1. The maximum absolute atomic E-state index is 12.5. The molecule has 0 atom stereocenters. The van der Waals surface area contributed by atoms with E-state index in [1.54, 1.807) is 25.3 Å². The number of hydrogen-bond donors (Lipinski definition) is 1. The molecule has 1 fully saturated rings. The first kappa shape index (κ1) is 13.7. The summed E-state index contributed by atoms with van der Waals surface area (Å²) < 4.78 is 5.11. The van der Waals surface area contributed by atoms with Crippen molar-refractivity contribution in [2.24, 2.45) is 0 Å². The van der Waals surface area contributed by atoms with Crippen LogP contribution in [0.2, 0.25) is 0 Å². The second kappa shape index (κ2) is 5.60. The summed E-state index contributed by atoms with van der Waals surface area (Å²) in [6, 6.07) is 13.1. The summed E-state index contributed by atoms with van der Waals surface area (Å²) in [6.07, 6.45) is 3.84. The molecule has 21 heavy (non-hydrogen) atoms. The maximum atomic E-state index is 12.5. The van der Waals surface area contributed by atoms with Crippen molar-refractivity contribution in [2.75, 3.05) is 12.8 Å². The molecule has 108 valence electrons. The number of ketones is 1. The zero-order valence-corrected chi connectivity index (χ0v) is 12.1. The lowest BCUT2D eigenvalue weighted by atomic mass is 9.80. The Bertz CT molecular complexity index is 657. The van der Waals surface area contributed by atoms with Gasteiger partial charge in [-0.15, -0.1) is 0 Å².